The summed E-state index contributed by atoms with van der Waals surface area (Å²) in [5.41, 5.74) is 1.05. The van der Waals surface area contributed by atoms with Crippen LogP contribution in [0.2, 0.25) is 0 Å². The van der Waals surface area contributed by atoms with Crippen molar-refractivity contribution >= 4 is 22.0 Å². The number of halogens is 1. The van der Waals surface area contributed by atoms with Gasteiger partial charge in [0.25, 0.3) is 0 Å². The monoisotopic (exact) mass is 321 g/mol. The zero-order chi connectivity index (χ0) is 13.8. The van der Waals surface area contributed by atoms with Gasteiger partial charge < -0.3 is 4.42 Å². The van der Waals surface area contributed by atoms with Crippen molar-refractivity contribution in [3.8, 4) is 11.3 Å². The van der Waals surface area contributed by atoms with Crippen LogP contribution in [0, 0.1) is 10.1 Å². The molecule has 0 unspecified atom stereocenters. The molecule has 0 bridgehead atoms. The second-order valence-corrected chi connectivity index (χ2v) is 4.78. The Morgan fingerprint density at radius 1 is 1.37 bits per heavy atom. The minimum atomic E-state index is -0.388. The number of hydrogen-bond donors (Lipinski definition) is 0. The second-order valence-electron chi connectivity index (χ2n) is 3.93. The molecule has 5 heteroatoms. The second kappa shape index (κ2) is 5.84. The van der Waals surface area contributed by atoms with Crippen molar-refractivity contribution in [3.63, 3.8) is 0 Å². The molecule has 2 aromatic rings. The topological polar surface area (TPSA) is 56.3 Å². The minimum absolute atomic E-state index is 0.132. The van der Waals surface area contributed by atoms with E-state index in [4.69, 9.17) is 4.42 Å². The van der Waals surface area contributed by atoms with Gasteiger partial charge in [0.05, 0.1) is 11.0 Å². The van der Waals surface area contributed by atoms with Gasteiger partial charge in [-0.05, 0) is 18.2 Å². The van der Waals surface area contributed by atoms with Crippen molar-refractivity contribution in [2.75, 3.05) is 0 Å². The molecule has 0 fully saturated rings. The number of hydrogen-bond acceptors (Lipinski definition) is 3. The highest BCUT2D eigenvalue weighted by atomic mass is 79.9. The van der Waals surface area contributed by atoms with E-state index in [1.807, 2.05) is 24.3 Å². The van der Waals surface area contributed by atoms with Crippen LogP contribution in [-0.2, 0) is 0 Å². The van der Waals surface area contributed by atoms with E-state index in [2.05, 4.69) is 15.9 Å². The lowest BCUT2D eigenvalue weighted by Gasteiger charge is -1.99. The molecule has 0 aliphatic carbocycles. The molecule has 0 aliphatic heterocycles. The molecule has 1 aromatic heterocycles. The standard InChI is InChI=1S/C14H12BrNO3/c1-2-10(16(17)18)9-11-7-8-14(19-11)12-5-3-4-6-13(12)15/h3-9H,2H2,1H3/b10-9+. The molecule has 0 N–H and O–H groups in total. The van der Waals surface area contributed by atoms with Crippen LogP contribution in [0.5, 0.6) is 0 Å². The van der Waals surface area contributed by atoms with Gasteiger partial charge in [0.1, 0.15) is 11.5 Å². The lowest BCUT2D eigenvalue weighted by Crippen LogP contribution is -1.95. The Balaban J connectivity index is 2.35. The molecule has 0 saturated heterocycles. The van der Waals surface area contributed by atoms with Gasteiger partial charge in [-0.2, -0.15) is 0 Å². The molecule has 0 amide bonds. The maximum absolute atomic E-state index is 10.8. The van der Waals surface area contributed by atoms with E-state index in [0.717, 1.165) is 10.0 Å². The smallest absolute Gasteiger partial charge is 0.249 e. The molecule has 1 heterocycles. The van der Waals surface area contributed by atoms with Crippen molar-refractivity contribution in [1.29, 1.82) is 0 Å². The van der Waals surface area contributed by atoms with E-state index in [1.165, 1.54) is 6.08 Å². The highest BCUT2D eigenvalue weighted by Crippen LogP contribution is 2.30. The van der Waals surface area contributed by atoms with E-state index >= 15 is 0 Å². The van der Waals surface area contributed by atoms with Crippen LogP contribution in [0.25, 0.3) is 17.4 Å². The molecule has 0 aliphatic rings. The lowest BCUT2D eigenvalue weighted by molar-refractivity contribution is -0.425. The summed E-state index contributed by atoms with van der Waals surface area (Å²) in [6, 6.07) is 11.2. The highest BCUT2D eigenvalue weighted by Gasteiger charge is 2.11. The van der Waals surface area contributed by atoms with Crippen LogP contribution in [0.3, 0.4) is 0 Å². The van der Waals surface area contributed by atoms with Crippen LogP contribution in [-0.4, -0.2) is 4.92 Å². The third-order valence-electron chi connectivity index (χ3n) is 2.67. The molecular formula is C14H12BrNO3. The first-order valence-electron chi connectivity index (χ1n) is 5.81. The Morgan fingerprint density at radius 2 is 2.11 bits per heavy atom. The molecule has 1 aromatic carbocycles. The summed E-state index contributed by atoms with van der Waals surface area (Å²) in [4.78, 5) is 10.4. The van der Waals surface area contributed by atoms with Gasteiger partial charge in [0.2, 0.25) is 5.70 Å². The van der Waals surface area contributed by atoms with Gasteiger partial charge in [0, 0.05) is 16.5 Å². The molecule has 0 spiro atoms. The van der Waals surface area contributed by atoms with Crippen molar-refractivity contribution in [2.24, 2.45) is 0 Å². The summed E-state index contributed by atoms with van der Waals surface area (Å²) in [5, 5.41) is 10.8. The fraction of sp³-hybridized carbons (Fsp3) is 0.143. The first kappa shape index (κ1) is 13.5. The van der Waals surface area contributed by atoms with Crippen molar-refractivity contribution < 1.29 is 9.34 Å². The molecule has 0 radical (unpaired) electrons. The number of allylic oxidation sites excluding steroid dienone is 1. The van der Waals surface area contributed by atoms with E-state index in [-0.39, 0.29) is 10.6 Å². The average Bonchev–Trinajstić information content (AvgIpc) is 2.84. The molecule has 19 heavy (non-hydrogen) atoms. The summed E-state index contributed by atoms with van der Waals surface area (Å²) in [6.07, 6.45) is 1.82. The summed E-state index contributed by atoms with van der Waals surface area (Å²) < 4.78 is 6.54. The number of rotatable bonds is 4. The van der Waals surface area contributed by atoms with Crippen LogP contribution in [0.4, 0.5) is 0 Å². The average molecular weight is 322 g/mol. The number of furan rings is 1. The number of nitro groups is 1. The first-order valence-corrected chi connectivity index (χ1v) is 6.61. The zero-order valence-electron chi connectivity index (χ0n) is 10.3. The summed E-state index contributed by atoms with van der Waals surface area (Å²) in [5.74, 6) is 1.16. The summed E-state index contributed by atoms with van der Waals surface area (Å²) >= 11 is 3.45. The Labute approximate surface area is 119 Å². The predicted octanol–water partition coefficient (Wildman–Crippen LogP) is 4.74. The van der Waals surface area contributed by atoms with Crippen LogP contribution < -0.4 is 0 Å². The number of nitrogens with zero attached hydrogens (tertiary/aromatic N) is 1. The fourth-order valence-electron chi connectivity index (χ4n) is 1.68. The third kappa shape index (κ3) is 3.12. The quantitative estimate of drug-likeness (QED) is 0.603. The first-order chi connectivity index (χ1) is 9.11. The Bertz CT molecular complexity index is 631. The van der Waals surface area contributed by atoms with Gasteiger partial charge in [-0.15, -0.1) is 0 Å². The molecule has 0 atom stereocenters. The Hall–Kier alpha value is -1.88. The van der Waals surface area contributed by atoms with Gasteiger partial charge in [-0.1, -0.05) is 41.1 Å². The van der Waals surface area contributed by atoms with Crippen molar-refractivity contribution in [2.45, 2.75) is 13.3 Å². The molecule has 98 valence electrons. The van der Waals surface area contributed by atoms with E-state index in [9.17, 15) is 10.1 Å². The summed E-state index contributed by atoms with van der Waals surface area (Å²) in [6.45, 7) is 1.74. The van der Waals surface area contributed by atoms with Crippen molar-refractivity contribution in [1.82, 2.24) is 0 Å². The van der Waals surface area contributed by atoms with E-state index < -0.39 is 0 Å². The minimum Gasteiger partial charge on any atom is -0.456 e. The van der Waals surface area contributed by atoms with Gasteiger partial charge in [-0.3, -0.25) is 10.1 Å². The maximum atomic E-state index is 10.8. The molecule has 0 saturated carbocycles. The highest BCUT2D eigenvalue weighted by molar-refractivity contribution is 9.10. The van der Waals surface area contributed by atoms with Crippen LogP contribution >= 0.6 is 15.9 Å². The fourth-order valence-corrected chi connectivity index (χ4v) is 2.16. The van der Waals surface area contributed by atoms with E-state index in [1.54, 1.807) is 19.1 Å². The molecule has 2 rings (SSSR count). The summed E-state index contributed by atoms with van der Waals surface area (Å²) in [7, 11) is 0. The molecular weight excluding hydrogens is 310 g/mol. The van der Waals surface area contributed by atoms with Crippen molar-refractivity contribution in [3.05, 3.63) is 62.4 Å². The Kier molecular flexibility index (Phi) is 4.16. The Morgan fingerprint density at radius 3 is 2.74 bits per heavy atom. The zero-order valence-corrected chi connectivity index (χ0v) is 11.9. The molecule has 4 nitrogen and oxygen atoms in total. The van der Waals surface area contributed by atoms with Crippen LogP contribution in [0.15, 0.2) is 51.0 Å². The maximum Gasteiger partial charge on any atom is 0.249 e. The third-order valence-corrected chi connectivity index (χ3v) is 3.36. The van der Waals surface area contributed by atoms with E-state index in [0.29, 0.717) is 17.9 Å². The normalized spacial score (nSPS) is 11.6. The largest absolute Gasteiger partial charge is 0.456 e. The SMILES string of the molecule is CC/C(=C\c1ccc(-c2ccccc2Br)o1)[N+](=O)[O-]. The van der Waals surface area contributed by atoms with Crippen LogP contribution in [0.1, 0.15) is 19.1 Å². The van der Waals surface area contributed by atoms with Gasteiger partial charge >= 0.3 is 0 Å². The lowest BCUT2D eigenvalue weighted by atomic mass is 10.2. The van der Waals surface area contributed by atoms with Gasteiger partial charge in [-0.25, -0.2) is 0 Å². The number of benzene rings is 1. The van der Waals surface area contributed by atoms with Gasteiger partial charge in [0.15, 0.2) is 0 Å². The predicted molar refractivity (Wildman–Crippen MR) is 77.1 cm³/mol.